The quantitative estimate of drug-likeness (QED) is 0.629. The van der Waals surface area contributed by atoms with Crippen LogP contribution in [0.3, 0.4) is 0 Å². The van der Waals surface area contributed by atoms with Crippen molar-refractivity contribution in [1.29, 1.82) is 0 Å². The summed E-state index contributed by atoms with van der Waals surface area (Å²) in [6.07, 6.45) is 4.93. The Morgan fingerprint density at radius 1 is 1.58 bits per heavy atom. The van der Waals surface area contributed by atoms with E-state index in [4.69, 9.17) is 0 Å². The summed E-state index contributed by atoms with van der Waals surface area (Å²) in [5.41, 5.74) is 0.703. The SMILES string of the molecule is CN=C(NCC1(O)CCC1)N(C)Cc1cccn1C. The average Bonchev–Trinajstić information content (AvgIpc) is 2.73. The molecule has 0 bridgehead atoms. The second-order valence-electron chi connectivity index (χ2n) is 5.45. The highest BCUT2D eigenvalue weighted by Crippen LogP contribution is 2.30. The van der Waals surface area contributed by atoms with Gasteiger partial charge in [-0.1, -0.05) is 0 Å². The molecule has 0 aliphatic heterocycles. The number of nitrogens with zero attached hydrogens (tertiary/aromatic N) is 3. The lowest BCUT2D eigenvalue weighted by Gasteiger charge is -2.37. The fourth-order valence-corrected chi connectivity index (χ4v) is 2.37. The maximum Gasteiger partial charge on any atom is 0.193 e. The first-order chi connectivity index (χ1) is 9.04. The lowest BCUT2D eigenvalue weighted by atomic mass is 9.80. The van der Waals surface area contributed by atoms with Crippen LogP contribution in [-0.2, 0) is 13.6 Å². The normalized spacial score (nSPS) is 18.0. The van der Waals surface area contributed by atoms with Gasteiger partial charge in [0.2, 0.25) is 0 Å². The number of hydrogen-bond donors (Lipinski definition) is 2. The van der Waals surface area contributed by atoms with Gasteiger partial charge in [0.25, 0.3) is 0 Å². The van der Waals surface area contributed by atoms with Gasteiger partial charge >= 0.3 is 0 Å². The first kappa shape index (κ1) is 13.9. The maximum absolute atomic E-state index is 10.1. The summed E-state index contributed by atoms with van der Waals surface area (Å²) in [5, 5.41) is 13.4. The van der Waals surface area contributed by atoms with Gasteiger partial charge in [-0.15, -0.1) is 0 Å². The molecule has 0 atom stereocenters. The molecule has 2 rings (SSSR count). The second-order valence-corrected chi connectivity index (χ2v) is 5.45. The molecule has 1 heterocycles. The first-order valence-corrected chi connectivity index (χ1v) is 6.78. The Balaban J connectivity index is 1.88. The molecule has 0 amide bonds. The van der Waals surface area contributed by atoms with Gasteiger partial charge in [0.1, 0.15) is 0 Å². The Morgan fingerprint density at radius 2 is 2.32 bits per heavy atom. The van der Waals surface area contributed by atoms with E-state index in [1.165, 1.54) is 5.69 Å². The van der Waals surface area contributed by atoms with Gasteiger partial charge in [-0.25, -0.2) is 0 Å². The Hall–Kier alpha value is -1.49. The molecule has 2 N–H and O–H groups in total. The van der Waals surface area contributed by atoms with E-state index in [0.717, 1.165) is 31.8 Å². The lowest BCUT2D eigenvalue weighted by Crippen LogP contribution is -2.50. The minimum absolute atomic E-state index is 0.526. The number of rotatable bonds is 4. The third-order valence-electron chi connectivity index (χ3n) is 3.88. The molecule has 0 spiro atoms. The summed E-state index contributed by atoms with van der Waals surface area (Å²) < 4.78 is 2.10. The smallest absolute Gasteiger partial charge is 0.193 e. The van der Waals surface area contributed by atoms with E-state index in [1.807, 2.05) is 26.4 Å². The van der Waals surface area contributed by atoms with Crippen LogP contribution in [0.25, 0.3) is 0 Å². The van der Waals surface area contributed by atoms with Crippen LogP contribution in [0.1, 0.15) is 25.0 Å². The molecule has 106 valence electrons. The van der Waals surface area contributed by atoms with Gasteiger partial charge in [0.15, 0.2) is 5.96 Å². The maximum atomic E-state index is 10.1. The van der Waals surface area contributed by atoms with E-state index in [9.17, 15) is 5.11 Å². The van der Waals surface area contributed by atoms with E-state index in [2.05, 4.69) is 25.8 Å². The zero-order valence-corrected chi connectivity index (χ0v) is 12.1. The zero-order chi connectivity index (χ0) is 13.9. The van der Waals surface area contributed by atoms with Gasteiger partial charge in [-0.05, 0) is 31.4 Å². The van der Waals surface area contributed by atoms with Crippen molar-refractivity contribution in [2.45, 2.75) is 31.4 Å². The molecule has 1 aromatic rings. The van der Waals surface area contributed by atoms with Crippen molar-refractivity contribution in [3.8, 4) is 0 Å². The van der Waals surface area contributed by atoms with Gasteiger partial charge in [-0.2, -0.15) is 0 Å². The third kappa shape index (κ3) is 3.29. The summed E-state index contributed by atoms with van der Waals surface area (Å²) >= 11 is 0. The van der Waals surface area contributed by atoms with E-state index < -0.39 is 5.60 Å². The topological polar surface area (TPSA) is 52.8 Å². The second kappa shape index (κ2) is 5.65. The molecule has 19 heavy (non-hydrogen) atoms. The Kier molecular flexibility index (Phi) is 4.14. The number of aliphatic hydroxyl groups is 1. The molecule has 0 aromatic carbocycles. The van der Waals surface area contributed by atoms with Crippen LogP contribution in [0.2, 0.25) is 0 Å². The average molecular weight is 264 g/mol. The van der Waals surface area contributed by atoms with Crippen molar-refractivity contribution in [3.05, 3.63) is 24.0 Å². The summed E-state index contributed by atoms with van der Waals surface area (Å²) in [5.74, 6) is 0.821. The fourth-order valence-electron chi connectivity index (χ4n) is 2.37. The summed E-state index contributed by atoms with van der Waals surface area (Å²) in [6.45, 7) is 1.37. The zero-order valence-electron chi connectivity index (χ0n) is 12.1. The number of aromatic nitrogens is 1. The van der Waals surface area contributed by atoms with Crippen LogP contribution in [0.4, 0.5) is 0 Å². The highest BCUT2D eigenvalue weighted by Gasteiger charge is 2.34. The number of nitrogens with one attached hydrogen (secondary N) is 1. The number of aliphatic imine (C=N–C) groups is 1. The highest BCUT2D eigenvalue weighted by atomic mass is 16.3. The van der Waals surface area contributed by atoms with Crippen LogP contribution in [0.15, 0.2) is 23.3 Å². The monoisotopic (exact) mass is 264 g/mol. The van der Waals surface area contributed by atoms with E-state index in [0.29, 0.717) is 6.54 Å². The number of hydrogen-bond acceptors (Lipinski definition) is 2. The van der Waals surface area contributed by atoms with Crippen molar-refractivity contribution < 1.29 is 5.11 Å². The standard InChI is InChI=1S/C14H24N4O/c1-15-13(16-11-14(19)7-5-8-14)18(3)10-12-6-4-9-17(12)2/h4,6,9,19H,5,7-8,10-11H2,1-3H3,(H,15,16). The molecular weight excluding hydrogens is 240 g/mol. The van der Waals surface area contributed by atoms with E-state index in [-0.39, 0.29) is 0 Å². The minimum Gasteiger partial charge on any atom is -0.388 e. The predicted octanol–water partition coefficient (Wildman–Crippen LogP) is 0.947. The molecule has 1 fully saturated rings. The molecule has 1 aliphatic carbocycles. The molecule has 1 aliphatic rings. The molecular formula is C14H24N4O. The largest absolute Gasteiger partial charge is 0.388 e. The van der Waals surface area contributed by atoms with Gasteiger partial charge in [0, 0.05) is 39.6 Å². The lowest BCUT2D eigenvalue weighted by molar-refractivity contribution is -0.0282. The fraction of sp³-hybridized carbons (Fsp3) is 0.643. The molecule has 0 radical (unpaired) electrons. The first-order valence-electron chi connectivity index (χ1n) is 6.78. The van der Waals surface area contributed by atoms with Crippen molar-refractivity contribution >= 4 is 5.96 Å². The summed E-state index contributed by atoms with van der Waals surface area (Å²) in [7, 11) is 5.82. The van der Waals surface area contributed by atoms with Gasteiger partial charge in [-0.3, -0.25) is 4.99 Å². The molecule has 1 aromatic heterocycles. The Labute approximate surface area is 114 Å². The summed E-state index contributed by atoms with van der Waals surface area (Å²) in [6, 6.07) is 4.14. The van der Waals surface area contributed by atoms with Gasteiger partial charge in [0.05, 0.1) is 12.1 Å². The number of guanidine groups is 1. The molecule has 0 unspecified atom stereocenters. The van der Waals surface area contributed by atoms with Crippen LogP contribution >= 0.6 is 0 Å². The van der Waals surface area contributed by atoms with Crippen LogP contribution in [0.5, 0.6) is 0 Å². The van der Waals surface area contributed by atoms with Crippen LogP contribution in [-0.4, -0.2) is 46.8 Å². The molecule has 1 saturated carbocycles. The van der Waals surface area contributed by atoms with E-state index >= 15 is 0 Å². The van der Waals surface area contributed by atoms with Crippen molar-refractivity contribution in [2.24, 2.45) is 12.0 Å². The highest BCUT2D eigenvalue weighted by molar-refractivity contribution is 5.79. The van der Waals surface area contributed by atoms with Crippen LogP contribution < -0.4 is 5.32 Å². The minimum atomic E-state index is -0.526. The van der Waals surface area contributed by atoms with Crippen molar-refractivity contribution in [2.75, 3.05) is 20.6 Å². The Bertz CT molecular complexity index is 448. The van der Waals surface area contributed by atoms with Crippen LogP contribution in [0, 0.1) is 0 Å². The summed E-state index contributed by atoms with van der Waals surface area (Å²) in [4.78, 5) is 6.34. The number of aryl methyl sites for hydroxylation is 1. The van der Waals surface area contributed by atoms with Crippen molar-refractivity contribution in [1.82, 2.24) is 14.8 Å². The predicted molar refractivity (Wildman–Crippen MR) is 77.0 cm³/mol. The van der Waals surface area contributed by atoms with E-state index in [1.54, 1.807) is 7.05 Å². The van der Waals surface area contributed by atoms with Crippen molar-refractivity contribution in [3.63, 3.8) is 0 Å². The Morgan fingerprint density at radius 3 is 2.79 bits per heavy atom. The third-order valence-corrected chi connectivity index (χ3v) is 3.88. The molecule has 0 saturated heterocycles. The molecule has 5 heteroatoms. The molecule has 5 nitrogen and oxygen atoms in total. The van der Waals surface area contributed by atoms with Gasteiger partial charge < -0.3 is 19.9 Å².